The zero-order chi connectivity index (χ0) is 23.0. The minimum absolute atomic E-state index is 0. The number of nitrogens with zero attached hydrogens (tertiary/aromatic N) is 4. The SMILES string of the molecule is Cl.O=c1cc(C2CCNCC2)n2ncc(-c3noc(Cc4ccc(OC(F)(F)F)cc4)n3)c2[nH]1. The molecular weight excluding hydrogens is 477 g/mol. The highest BCUT2D eigenvalue weighted by Crippen LogP contribution is 2.28. The first-order valence-electron chi connectivity index (χ1n) is 10.3. The van der Waals surface area contributed by atoms with Crippen LogP contribution in [0.25, 0.3) is 17.0 Å². The van der Waals surface area contributed by atoms with E-state index in [1.165, 1.54) is 24.3 Å². The van der Waals surface area contributed by atoms with E-state index < -0.39 is 6.36 Å². The van der Waals surface area contributed by atoms with E-state index in [4.69, 9.17) is 4.52 Å². The fourth-order valence-corrected chi connectivity index (χ4v) is 4.00. The van der Waals surface area contributed by atoms with Gasteiger partial charge in [-0.15, -0.1) is 25.6 Å². The van der Waals surface area contributed by atoms with Gasteiger partial charge in [-0.2, -0.15) is 10.1 Å². The first-order chi connectivity index (χ1) is 15.9. The van der Waals surface area contributed by atoms with E-state index in [9.17, 15) is 18.0 Å². The van der Waals surface area contributed by atoms with Gasteiger partial charge in [-0.3, -0.25) is 4.79 Å². The van der Waals surface area contributed by atoms with Gasteiger partial charge in [-0.1, -0.05) is 17.3 Å². The van der Waals surface area contributed by atoms with Crippen molar-refractivity contribution in [2.45, 2.75) is 31.5 Å². The number of H-pyrrole nitrogens is 1. The van der Waals surface area contributed by atoms with E-state index in [-0.39, 0.29) is 47.8 Å². The number of hydrogen-bond donors (Lipinski definition) is 2. The quantitative estimate of drug-likeness (QED) is 0.435. The van der Waals surface area contributed by atoms with E-state index in [2.05, 4.69) is 30.3 Å². The van der Waals surface area contributed by atoms with Crippen molar-refractivity contribution < 1.29 is 22.4 Å². The molecule has 1 aromatic carbocycles. The fourth-order valence-electron chi connectivity index (χ4n) is 4.00. The van der Waals surface area contributed by atoms with E-state index in [0.29, 0.717) is 16.8 Å². The summed E-state index contributed by atoms with van der Waals surface area (Å²) in [6.07, 6.45) is -1.13. The Morgan fingerprint density at radius 3 is 2.62 bits per heavy atom. The fraction of sp³-hybridized carbons (Fsp3) is 0.333. The molecule has 0 aliphatic carbocycles. The minimum atomic E-state index is -4.74. The van der Waals surface area contributed by atoms with Crippen LogP contribution in [0.1, 0.15) is 35.9 Å². The molecule has 4 aromatic rings. The molecule has 0 atom stereocenters. The molecule has 1 saturated heterocycles. The molecule has 180 valence electrons. The van der Waals surface area contributed by atoms with Crippen LogP contribution in [0, 0.1) is 0 Å². The molecule has 4 heterocycles. The third-order valence-electron chi connectivity index (χ3n) is 5.51. The number of alkyl halides is 3. The zero-order valence-electron chi connectivity index (χ0n) is 17.6. The molecule has 0 bridgehead atoms. The summed E-state index contributed by atoms with van der Waals surface area (Å²) < 4.78 is 47.8. The highest BCUT2D eigenvalue weighted by molar-refractivity contribution is 5.85. The van der Waals surface area contributed by atoms with Crippen LogP contribution < -0.4 is 15.6 Å². The summed E-state index contributed by atoms with van der Waals surface area (Å²) in [5.74, 6) is 0.437. The van der Waals surface area contributed by atoms with Gasteiger partial charge < -0.3 is 19.6 Å². The topological polar surface area (TPSA) is 110 Å². The van der Waals surface area contributed by atoms with Gasteiger partial charge in [0.05, 0.1) is 23.9 Å². The number of piperidine rings is 1. The molecule has 0 radical (unpaired) electrons. The van der Waals surface area contributed by atoms with Crippen molar-refractivity contribution in [2.24, 2.45) is 0 Å². The molecular formula is C21H20ClF3N6O3. The second-order valence-corrected chi connectivity index (χ2v) is 7.78. The smallest absolute Gasteiger partial charge is 0.406 e. The highest BCUT2D eigenvalue weighted by Gasteiger charge is 2.31. The first kappa shape index (κ1) is 23.8. The van der Waals surface area contributed by atoms with Gasteiger partial charge in [0.15, 0.2) is 0 Å². The van der Waals surface area contributed by atoms with Crippen LogP contribution in [-0.2, 0) is 6.42 Å². The molecule has 0 amide bonds. The number of halogens is 4. The molecule has 34 heavy (non-hydrogen) atoms. The zero-order valence-corrected chi connectivity index (χ0v) is 18.4. The maximum atomic E-state index is 12.3. The Kier molecular flexibility index (Phi) is 6.62. The molecule has 0 saturated carbocycles. The van der Waals surface area contributed by atoms with Crippen molar-refractivity contribution in [3.63, 3.8) is 0 Å². The van der Waals surface area contributed by atoms with Crippen molar-refractivity contribution in [2.75, 3.05) is 13.1 Å². The van der Waals surface area contributed by atoms with Gasteiger partial charge in [0.1, 0.15) is 11.4 Å². The number of aromatic amines is 1. The van der Waals surface area contributed by atoms with Crippen LogP contribution in [0.15, 0.2) is 45.8 Å². The number of rotatable bonds is 5. The molecule has 1 aliphatic heterocycles. The van der Waals surface area contributed by atoms with Crippen molar-refractivity contribution in [3.8, 4) is 17.1 Å². The number of aromatic nitrogens is 5. The molecule has 2 N–H and O–H groups in total. The lowest BCUT2D eigenvalue weighted by molar-refractivity contribution is -0.274. The molecule has 1 aliphatic rings. The second-order valence-electron chi connectivity index (χ2n) is 7.78. The highest BCUT2D eigenvalue weighted by atomic mass is 35.5. The molecule has 1 fully saturated rings. The Morgan fingerprint density at radius 1 is 1.18 bits per heavy atom. The molecule has 9 nitrogen and oxygen atoms in total. The largest absolute Gasteiger partial charge is 0.573 e. The summed E-state index contributed by atoms with van der Waals surface area (Å²) in [7, 11) is 0. The maximum absolute atomic E-state index is 12.3. The van der Waals surface area contributed by atoms with E-state index in [1.54, 1.807) is 16.8 Å². The van der Waals surface area contributed by atoms with Gasteiger partial charge in [0.2, 0.25) is 11.7 Å². The Balaban J connectivity index is 0.00000274. The van der Waals surface area contributed by atoms with E-state index >= 15 is 0 Å². The van der Waals surface area contributed by atoms with Gasteiger partial charge in [0, 0.05) is 12.0 Å². The van der Waals surface area contributed by atoms with Crippen LogP contribution in [0.4, 0.5) is 13.2 Å². The summed E-state index contributed by atoms with van der Waals surface area (Å²) in [6, 6.07) is 7.00. The molecule has 0 unspecified atom stereocenters. The molecule has 5 rings (SSSR count). The van der Waals surface area contributed by atoms with Crippen LogP contribution in [0.2, 0.25) is 0 Å². The lowest BCUT2D eigenvalue weighted by Crippen LogP contribution is -2.28. The number of hydrogen-bond acceptors (Lipinski definition) is 7. The predicted octanol–water partition coefficient (Wildman–Crippen LogP) is 3.45. The first-order valence-corrected chi connectivity index (χ1v) is 10.3. The van der Waals surface area contributed by atoms with Crippen molar-refractivity contribution in [1.82, 2.24) is 30.1 Å². The van der Waals surface area contributed by atoms with Gasteiger partial charge >= 0.3 is 6.36 Å². The number of ether oxygens (including phenoxy) is 1. The van der Waals surface area contributed by atoms with Gasteiger partial charge in [-0.05, 0) is 43.6 Å². The third kappa shape index (κ3) is 5.07. The monoisotopic (exact) mass is 496 g/mol. The van der Waals surface area contributed by atoms with Crippen LogP contribution >= 0.6 is 12.4 Å². The Bertz CT molecular complexity index is 1330. The summed E-state index contributed by atoms with van der Waals surface area (Å²) in [5.41, 5.74) is 2.28. The average molecular weight is 497 g/mol. The number of nitrogens with one attached hydrogen (secondary N) is 2. The van der Waals surface area contributed by atoms with E-state index in [1.807, 2.05) is 0 Å². The van der Waals surface area contributed by atoms with E-state index in [0.717, 1.165) is 31.6 Å². The number of fused-ring (bicyclic) bond motifs is 1. The Labute approximate surface area is 196 Å². The molecule has 13 heteroatoms. The molecule has 0 spiro atoms. The van der Waals surface area contributed by atoms with Crippen LogP contribution in [0.5, 0.6) is 5.75 Å². The summed E-state index contributed by atoms with van der Waals surface area (Å²) in [6.45, 7) is 1.76. The standard InChI is InChI=1S/C21H19F3N6O3.ClH/c22-21(23,24)32-14-3-1-12(2-4-14)9-18-28-19(29-33-18)15-11-26-30-16(10-17(31)27-20(15)30)13-5-7-25-8-6-13;/h1-4,10-11,13,25H,5-9H2,(H,27,31);1H. The molecule has 3 aromatic heterocycles. The van der Waals surface area contributed by atoms with Crippen molar-refractivity contribution in [1.29, 1.82) is 0 Å². The Hall–Kier alpha value is -3.38. The number of benzene rings is 1. The van der Waals surface area contributed by atoms with Gasteiger partial charge in [0.25, 0.3) is 5.56 Å². The predicted molar refractivity (Wildman–Crippen MR) is 117 cm³/mol. The summed E-state index contributed by atoms with van der Waals surface area (Å²) in [4.78, 5) is 19.5. The maximum Gasteiger partial charge on any atom is 0.573 e. The van der Waals surface area contributed by atoms with Crippen LogP contribution in [0.3, 0.4) is 0 Å². The van der Waals surface area contributed by atoms with Gasteiger partial charge in [-0.25, -0.2) is 4.52 Å². The lowest BCUT2D eigenvalue weighted by atomic mass is 9.94. The lowest BCUT2D eigenvalue weighted by Gasteiger charge is -2.23. The average Bonchev–Trinajstić information content (AvgIpc) is 3.41. The van der Waals surface area contributed by atoms with Crippen LogP contribution in [-0.4, -0.2) is 44.2 Å². The summed E-state index contributed by atoms with van der Waals surface area (Å²) in [5, 5.41) is 11.7. The summed E-state index contributed by atoms with van der Waals surface area (Å²) >= 11 is 0. The third-order valence-corrected chi connectivity index (χ3v) is 5.51. The minimum Gasteiger partial charge on any atom is -0.406 e. The van der Waals surface area contributed by atoms with Crippen molar-refractivity contribution in [3.05, 3.63) is 64.0 Å². The second kappa shape index (κ2) is 9.47. The normalized spacial score (nSPS) is 14.8. The van der Waals surface area contributed by atoms with Crippen molar-refractivity contribution >= 4 is 18.1 Å². The Morgan fingerprint density at radius 2 is 1.91 bits per heavy atom.